The first kappa shape index (κ1) is 8.53. The van der Waals surface area contributed by atoms with Gasteiger partial charge in [-0.3, -0.25) is 0 Å². The molecule has 1 aliphatic heterocycles. The number of phenolic OH excluding ortho intramolecular Hbond substituents is 1. The maximum Gasteiger partial charge on any atom is 0.120 e. The highest BCUT2D eigenvalue weighted by Crippen LogP contribution is 2.29. The Labute approximate surface area is 77.3 Å². The molecule has 0 unspecified atom stereocenters. The van der Waals surface area contributed by atoms with Crippen LogP contribution in [0.25, 0.3) is 0 Å². The number of phenols is 1. The van der Waals surface area contributed by atoms with Crippen molar-refractivity contribution in [3.63, 3.8) is 0 Å². The Balaban J connectivity index is 2.45. The molecule has 1 aromatic rings. The SMILES string of the molecule is CNCc1c(O)ccc2c1COC2. The Morgan fingerprint density at radius 3 is 3.08 bits per heavy atom. The Kier molecular flexibility index (Phi) is 2.20. The number of ether oxygens (including phenoxy) is 1. The second-order valence-corrected chi connectivity index (χ2v) is 3.22. The molecule has 0 amide bonds. The Bertz CT molecular complexity index is 323. The first-order valence-electron chi connectivity index (χ1n) is 4.38. The molecule has 0 atom stereocenters. The summed E-state index contributed by atoms with van der Waals surface area (Å²) in [7, 11) is 1.87. The summed E-state index contributed by atoms with van der Waals surface area (Å²) in [5.74, 6) is 0.360. The summed E-state index contributed by atoms with van der Waals surface area (Å²) < 4.78 is 5.32. The second-order valence-electron chi connectivity index (χ2n) is 3.22. The number of hydrogen-bond donors (Lipinski definition) is 2. The molecular formula is C10H13NO2. The minimum absolute atomic E-state index is 0.360. The smallest absolute Gasteiger partial charge is 0.120 e. The van der Waals surface area contributed by atoms with Crippen LogP contribution in [0.5, 0.6) is 5.75 Å². The van der Waals surface area contributed by atoms with E-state index in [0.29, 0.717) is 25.5 Å². The van der Waals surface area contributed by atoms with E-state index in [9.17, 15) is 5.11 Å². The molecule has 13 heavy (non-hydrogen) atoms. The third-order valence-corrected chi connectivity index (χ3v) is 2.36. The molecule has 0 saturated carbocycles. The molecule has 0 radical (unpaired) electrons. The molecule has 3 heteroatoms. The van der Waals surface area contributed by atoms with Crippen molar-refractivity contribution >= 4 is 0 Å². The molecule has 70 valence electrons. The summed E-state index contributed by atoms with van der Waals surface area (Å²) in [5.41, 5.74) is 3.31. The zero-order chi connectivity index (χ0) is 9.26. The summed E-state index contributed by atoms with van der Waals surface area (Å²) in [6.45, 7) is 1.99. The van der Waals surface area contributed by atoms with Crippen LogP contribution in [-0.2, 0) is 24.5 Å². The van der Waals surface area contributed by atoms with Gasteiger partial charge in [-0.25, -0.2) is 0 Å². The van der Waals surface area contributed by atoms with Gasteiger partial charge >= 0.3 is 0 Å². The lowest BCUT2D eigenvalue weighted by molar-refractivity contribution is 0.134. The first-order valence-corrected chi connectivity index (χ1v) is 4.38. The molecule has 3 nitrogen and oxygen atoms in total. The average molecular weight is 179 g/mol. The first-order chi connectivity index (χ1) is 6.33. The van der Waals surface area contributed by atoms with Gasteiger partial charge in [-0.05, 0) is 24.2 Å². The number of fused-ring (bicyclic) bond motifs is 1. The molecule has 2 rings (SSSR count). The molecule has 0 aliphatic carbocycles. The molecule has 1 aliphatic rings. The predicted molar refractivity (Wildman–Crippen MR) is 49.4 cm³/mol. The van der Waals surface area contributed by atoms with Crippen molar-refractivity contribution in [2.75, 3.05) is 7.05 Å². The average Bonchev–Trinajstić information content (AvgIpc) is 2.58. The zero-order valence-corrected chi connectivity index (χ0v) is 7.63. The highest BCUT2D eigenvalue weighted by Gasteiger charge is 2.17. The van der Waals surface area contributed by atoms with Gasteiger partial charge in [0.1, 0.15) is 5.75 Å². The van der Waals surface area contributed by atoms with Crippen LogP contribution < -0.4 is 5.32 Å². The van der Waals surface area contributed by atoms with Crippen LogP contribution in [0.15, 0.2) is 12.1 Å². The molecule has 2 N–H and O–H groups in total. The van der Waals surface area contributed by atoms with E-state index >= 15 is 0 Å². The van der Waals surface area contributed by atoms with Gasteiger partial charge in [0.15, 0.2) is 0 Å². The summed E-state index contributed by atoms with van der Waals surface area (Å²) >= 11 is 0. The number of rotatable bonds is 2. The summed E-state index contributed by atoms with van der Waals surface area (Å²) in [6.07, 6.45) is 0. The maximum absolute atomic E-state index is 9.61. The van der Waals surface area contributed by atoms with Crippen LogP contribution in [0.4, 0.5) is 0 Å². The van der Waals surface area contributed by atoms with E-state index in [2.05, 4.69) is 5.32 Å². The fraction of sp³-hybridized carbons (Fsp3) is 0.400. The molecule has 0 aromatic heterocycles. The van der Waals surface area contributed by atoms with Gasteiger partial charge in [0.2, 0.25) is 0 Å². The maximum atomic E-state index is 9.61. The van der Waals surface area contributed by atoms with Gasteiger partial charge in [-0.1, -0.05) is 6.07 Å². The van der Waals surface area contributed by atoms with Crippen LogP contribution >= 0.6 is 0 Å². The van der Waals surface area contributed by atoms with E-state index in [1.54, 1.807) is 6.07 Å². The molecular weight excluding hydrogens is 166 g/mol. The van der Waals surface area contributed by atoms with E-state index < -0.39 is 0 Å². The highest BCUT2D eigenvalue weighted by molar-refractivity contribution is 5.45. The number of hydrogen-bond acceptors (Lipinski definition) is 3. The fourth-order valence-electron chi connectivity index (χ4n) is 1.68. The summed E-state index contributed by atoms with van der Waals surface area (Å²) in [6, 6.07) is 3.66. The topological polar surface area (TPSA) is 41.5 Å². The van der Waals surface area contributed by atoms with Crippen LogP contribution in [0, 0.1) is 0 Å². The monoisotopic (exact) mass is 179 g/mol. The van der Waals surface area contributed by atoms with Crippen molar-refractivity contribution in [3.8, 4) is 5.75 Å². The predicted octanol–water partition coefficient (Wildman–Crippen LogP) is 1.14. The third-order valence-electron chi connectivity index (χ3n) is 2.36. The Hall–Kier alpha value is -1.06. The molecule has 0 fully saturated rings. The van der Waals surface area contributed by atoms with Gasteiger partial charge in [0, 0.05) is 12.1 Å². The van der Waals surface area contributed by atoms with E-state index in [1.165, 1.54) is 5.56 Å². The van der Waals surface area contributed by atoms with E-state index in [1.807, 2.05) is 13.1 Å². The summed E-state index contributed by atoms with van der Waals surface area (Å²) in [4.78, 5) is 0. The van der Waals surface area contributed by atoms with Gasteiger partial charge in [-0.15, -0.1) is 0 Å². The van der Waals surface area contributed by atoms with E-state index in [4.69, 9.17) is 4.74 Å². The number of aromatic hydroxyl groups is 1. The lowest BCUT2D eigenvalue weighted by Crippen LogP contribution is -2.08. The summed E-state index contributed by atoms with van der Waals surface area (Å²) in [5, 5.41) is 12.6. The normalized spacial score (nSPS) is 14.5. The van der Waals surface area contributed by atoms with Gasteiger partial charge < -0.3 is 15.2 Å². The Morgan fingerprint density at radius 1 is 1.46 bits per heavy atom. The van der Waals surface area contributed by atoms with Crippen molar-refractivity contribution < 1.29 is 9.84 Å². The largest absolute Gasteiger partial charge is 0.508 e. The van der Waals surface area contributed by atoms with Crippen LogP contribution in [0.3, 0.4) is 0 Å². The van der Waals surface area contributed by atoms with E-state index in [-0.39, 0.29) is 0 Å². The molecule has 1 aromatic carbocycles. The minimum Gasteiger partial charge on any atom is -0.508 e. The number of nitrogens with one attached hydrogen (secondary N) is 1. The Morgan fingerprint density at radius 2 is 2.31 bits per heavy atom. The van der Waals surface area contributed by atoms with Gasteiger partial charge in [0.25, 0.3) is 0 Å². The van der Waals surface area contributed by atoms with Gasteiger partial charge in [-0.2, -0.15) is 0 Å². The minimum atomic E-state index is 0.360. The lowest BCUT2D eigenvalue weighted by atomic mass is 10.0. The molecule has 0 saturated heterocycles. The van der Waals surface area contributed by atoms with Crippen LogP contribution in [0.2, 0.25) is 0 Å². The van der Waals surface area contributed by atoms with Crippen molar-refractivity contribution in [1.82, 2.24) is 5.32 Å². The fourth-order valence-corrected chi connectivity index (χ4v) is 1.68. The van der Waals surface area contributed by atoms with Crippen molar-refractivity contribution in [2.45, 2.75) is 19.8 Å². The van der Waals surface area contributed by atoms with Crippen LogP contribution in [-0.4, -0.2) is 12.2 Å². The quantitative estimate of drug-likeness (QED) is 0.715. The molecule has 0 bridgehead atoms. The molecule has 0 spiro atoms. The second kappa shape index (κ2) is 3.36. The number of benzene rings is 1. The zero-order valence-electron chi connectivity index (χ0n) is 7.63. The standard InChI is InChI=1S/C10H13NO2/c1-11-4-8-9-6-13-5-7(9)2-3-10(8)12/h2-3,11-12H,4-6H2,1H3. The van der Waals surface area contributed by atoms with Gasteiger partial charge in [0.05, 0.1) is 13.2 Å². The van der Waals surface area contributed by atoms with Crippen molar-refractivity contribution in [2.24, 2.45) is 0 Å². The third kappa shape index (κ3) is 1.41. The van der Waals surface area contributed by atoms with Crippen molar-refractivity contribution in [3.05, 3.63) is 28.8 Å². The lowest BCUT2D eigenvalue weighted by Gasteiger charge is -2.08. The van der Waals surface area contributed by atoms with E-state index in [0.717, 1.165) is 11.1 Å². The van der Waals surface area contributed by atoms with Crippen LogP contribution in [0.1, 0.15) is 16.7 Å². The molecule has 1 heterocycles. The highest BCUT2D eigenvalue weighted by atomic mass is 16.5. The van der Waals surface area contributed by atoms with Crippen molar-refractivity contribution in [1.29, 1.82) is 0 Å².